The predicted octanol–water partition coefficient (Wildman–Crippen LogP) is 5.16. The summed E-state index contributed by atoms with van der Waals surface area (Å²) in [6.45, 7) is 3.32. The lowest BCUT2D eigenvalue weighted by Crippen LogP contribution is -2.35. The number of aromatic nitrogens is 3. The maximum Gasteiger partial charge on any atom is 0.227 e. The minimum Gasteiger partial charge on any atom is -0.339 e. The molecule has 3 heterocycles. The number of hydrogen-bond acceptors (Lipinski definition) is 6. The second-order valence-electron chi connectivity index (χ2n) is 7.64. The van der Waals surface area contributed by atoms with Crippen molar-refractivity contribution >= 4 is 21.6 Å². The molecule has 29 heavy (non-hydrogen) atoms. The zero-order chi connectivity index (χ0) is 19.5. The van der Waals surface area contributed by atoms with Gasteiger partial charge >= 0.3 is 0 Å². The van der Waals surface area contributed by atoms with Crippen LogP contribution < -0.4 is 0 Å². The van der Waals surface area contributed by atoms with Crippen LogP contribution in [0.4, 0.5) is 0 Å². The van der Waals surface area contributed by atoms with Gasteiger partial charge in [0.15, 0.2) is 0 Å². The molecule has 148 valence electrons. The first-order valence-electron chi connectivity index (χ1n) is 10.3. The van der Waals surface area contributed by atoms with Crippen molar-refractivity contribution in [1.82, 2.24) is 20.0 Å². The molecule has 5 nitrogen and oxygen atoms in total. The third-order valence-corrected chi connectivity index (χ3v) is 6.73. The van der Waals surface area contributed by atoms with E-state index in [0.29, 0.717) is 11.7 Å². The highest BCUT2D eigenvalue weighted by molar-refractivity contribution is 7.18. The summed E-state index contributed by atoms with van der Waals surface area (Å²) in [5.41, 5.74) is 2.13. The number of nitrogens with zero attached hydrogens (tertiary/aromatic N) is 4. The quantitative estimate of drug-likeness (QED) is 0.444. The summed E-state index contributed by atoms with van der Waals surface area (Å²) in [6, 6.07) is 18.4. The normalized spacial score (nSPS) is 17.7. The van der Waals surface area contributed by atoms with Gasteiger partial charge in [-0.15, -0.1) is 11.3 Å². The summed E-state index contributed by atoms with van der Waals surface area (Å²) in [4.78, 5) is 12.0. The van der Waals surface area contributed by atoms with Crippen molar-refractivity contribution in [2.75, 3.05) is 19.6 Å². The van der Waals surface area contributed by atoms with Gasteiger partial charge in [0, 0.05) is 24.4 Å². The Morgan fingerprint density at radius 3 is 2.79 bits per heavy atom. The fourth-order valence-electron chi connectivity index (χ4n) is 4.04. The topological polar surface area (TPSA) is 55.1 Å². The van der Waals surface area contributed by atoms with E-state index in [9.17, 15) is 0 Å². The zero-order valence-electron chi connectivity index (χ0n) is 16.3. The summed E-state index contributed by atoms with van der Waals surface area (Å²) in [6.07, 6.45) is 4.32. The molecule has 4 aromatic rings. The van der Waals surface area contributed by atoms with Crippen molar-refractivity contribution < 1.29 is 4.52 Å². The van der Waals surface area contributed by atoms with Gasteiger partial charge < -0.3 is 9.42 Å². The molecule has 1 aliphatic rings. The Bertz CT molecular complexity index is 1040. The molecule has 2 aromatic heterocycles. The maximum absolute atomic E-state index is 5.44. The molecule has 1 atom stereocenters. The number of hydrogen-bond donors (Lipinski definition) is 0. The van der Waals surface area contributed by atoms with Crippen LogP contribution in [0.1, 0.15) is 36.1 Å². The highest BCUT2D eigenvalue weighted by Gasteiger charge is 2.24. The number of piperidine rings is 1. The van der Waals surface area contributed by atoms with Gasteiger partial charge in [0.25, 0.3) is 0 Å². The van der Waals surface area contributed by atoms with Gasteiger partial charge in [0.1, 0.15) is 0 Å². The first kappa shape index (κ1) is 18.5. The van der Waals surface area contributed by atoms with Gasteiger partial charge in [-0.2, -0.15) is 4.98 Å². The van der Waals surface area contributed by atoms with Crippen LogP contribution in [0.5, 0.6) is 0 Å². The lowest BCUT2D eigenvalue weighted by molar-refractivity contribution is 0.203. The van der Waals surface area contributed by atoms with Crippen molar-refractivity contribution in [3.8, 4) is 11.4 Å². The molecule has 0 radical (unpaired) electrons. The van der Waals surface area contributed by atoms with Crippen molar-refractivity contribution in [3.05, 3.63) is 65.5 Å². The summed E-state index contributed by atoms with van der Waals surface area (Å²) in [5.74, 6) is 1.95. The molecule has 0 amide bonds. The Morgan fingerprint density at radius 2 is 1.90 bits per heavy atom. The number of likely N-dealkylation sites (tertiary alicyclic amines) is 1. The minimum absolute atomic E-state index is 0.550. The zero-order valence-corrected chi connectivity index (χ0v) is 17.1. The van der Waals surface area contributed by atoms with Gasteiger partial charge in [-0.25, -0.2) is 4.98 Å². The Morgan fingerprint density at radius 1 is 1.03 bits per heavy atom. The third kappa shape index (κ3) is 4.23. The van der Waals surface area contributed by atoms with Gasteiger partial charge in [-0.3, -0.25) is 0 Å². The van der Waals surface area contributed by atoms with E-state index < -0.39 is 0 Å². The fourth-order valence-corrected chi connectivity index (χ4v) is 5.13. The Kier molecular flexibility index (Phi) is 5.37. The largest absolute Gasteiger partial charge is 0.339 e. The number of para-hydroxylation sites is 1. The summed E-state index contributed by atoms with van der Waals surface area (Å²) >= 11 is 1.86. The summed E-state index contributed by atoms with van der Waals surface area (Å²) in [5, 5.41) is 5.41. The van der Waals surface area contributed by atoms with Crippen LogP contribution in [0, 0.1) is 0 Å². The van der Waals surface area contributed by atoms with Crippen molar-refractivity contribution in [2.24, 2.45) is 0 Å². The first-order chi connectivity index (χ1) is 14.3. The van der Waals surface area contributed by atoms with Crippen LogP contribution >= 0.6 is 11.3 Å². The van der Waals surface area contributed by atoms with E-state index in [1.165, 1.54) is 29.1 Å². The lowest BCUT2D eigenvalue weighted by Gasteiger charge is -2.31. The molecule has 0 aliphatic carbocycles. The highest BCUT2D eigenvalue weighted by atomic mass is 32.1. The average Bonchev–Trinajstić information content (AvgIpc) is 3.42. The van der Waals surface area contributed by atoms with Gasteiger partial charge in [0.05, 0.1) is 15.2 Å². The SMILES string of the molecule is c1ccc(-c2noc(CCCN3CCCC(c4nc5ccccc5s4)C3)n2)cc1. The van der Waals surface area contributed by atoms with Crippen molar-refractivity contribution in [3.63, 3.8) is 0 Å². The van der Waals surface area contributed by atoms with E-state index >= 15 is 0 Å². The van der Waals surface area contributed by atoms with E-state index in [1.54, 1.807) is 0 Å². The molecule has 0 saturated carbocycles. The van der Waals surface area contributed by atoms with Crippen LogP contribution in [-0.2, 0) is 6.42 Å². The minimum atomic E-state index is 0.550. The predicted molar refractivity (Wildman–Crippen MR) is 116 cm³/mol. The molecule has 1 saturated heterocycles. The van der Waals surface area contributed by atoms with E-state index in [2.05, 4.69) is 39.3 Å². The van der Waals surface area contributed by atoms with E-state index in [1.807, 2.05) is 41.7 Å². The molecule has 1 fully saturated rings. The Balaban J connectivity index is 1.16. The highest BCUT2D eigenvalue weighted by Crippen LogP contribution is 2.33. The number of aryl methyl sites for hydroxylation is 1. The van der Waals surface area contributed by atoms with Crippen LogP contribution in [0.3, 0.4) is 0 Å². The molecule has 1 aliphatic heterocycles. The van der Waals surface area contributed by atoms with Crippen LogP contribution in [0.2, 0.25) is 0 Å². The molecule has 0 N–H and O–H groups in total. The first-order valence-corrected chi connectivity index (χ1v) is 11.1. The molecule has 0 spiro atoms. The van der Waals surface area contributed by atoms with E-state index in [-0.39, 0.29) is 0 Å². The second-order valence-corrected chi connectivity index (χ2v) is 8.70. The average molecular weight is 405 g/mol. The molecular weight excluding hydrogens is 380 g/mol. The maximum atomic E-state index is 5.44. The smallest absolute Gasteiger partial charge is 0.227 e. The summed E-state index contributed by atoms with van der Waals surface area (Å²) in [7, 11) is 0. The molecule has 0 bridgehead atoms. The number of thiazole rings is 1. The Labute approximate surface area is 174 Å². The molecule has 6 heteroatoms. The molecule has 5 rings (SSSR count). The molecule has 2 aromatic carbocycles. The number of rotatable bonds is 6. The number of benzene rings is 2. The lowest BCUT2D eigenvalue weighted by atomic mass is 9.98. The van der Waals surface area contributed by atoms with Crippen LogP contribution in [0.15, 0.2) is 59.1 Å². The van der Waals surface area contributed by atoms with Gasteiger partial charge in [0.2, 0.25) is 11.7 Å². The van der Waals surface area contributed by atoms with E-state index in [4.69, 9.17) is 9.51 Å². The van der Waals surface area contributed by atoms with Crippen LogP contribution in [-0.4, -0.2) is 39.7 Å². The van der Waals surface area contributed by atoms with Crippen LogP contribution in [0.25, 0.3) is 21.6 Å². The number of fused-ring (bicyclic) bond motifs is 1. The molecular formula is C23H24N4OS. The van der Waals surface area contributed by atoms with Crippen molar-refractivity contribution in [2.45, 2.75) is 31.6 Å². The summed E-state index contributed by atoms with van der Waals surface area (Å²) < 4.78 is 6.74. The monoisotopic (exact) mass is 404 g/mol. The van der Waals surface area contributed by atoms with Gasteiger partial charge in [-0.05, 0) is 44.5 Å². The standard InChI is InChI=1S/C23H24N4OS/c1-2-8-17(9-3-1)22-25-21(28-26-22)13-7-15-27-14-6-10-18(16-27)23-24-19-11-4-5-12-20(19)29-23/h1-5,8-9,11-12,18H,6-7,10,13-16H2. The van der Waals surface area contributed by atoms with Gasteiger partial charge in [-0.1, -0.05) is 47.6 Å². The van der Waals surface area contributed by atoms with E-state index in [0.717, 1.165) is 42.9 Å². The second kappa shape index (κ2) is 8.43. The third-order valence-electron chi connectivity index (χ3n) is 5.53. The fraction of sp³-hybridized carbons (Fsp3) is 0.348. The molecule has 1 unspecified atom stereocenters. The van der Waals surface area contributed by atoms with Crippen molar-refractivity contribution in [1.29, 1.82) is 0 Å². The Hall–Kier alpha value is -2.57.